The van der Waals surface area contributed by atoms with Crippen LogP contribution < -0.4 is 10.6 Å². The zero-order valence-electron chi connectivity index (χ0n) is 11.3. The summed E-state index contributed by atoms with van der Waals surface area (Å²) in [4.78, 5) is 22.8. The molecule has 0 aromatic heterocycles. The highest BCUT2D eigenvalue weighted by Gasteiger charge is 2.24. The van der Waals surface area contributed by atoms with Crippen LogP contribution in [0, 0.1) is 11.3 Å². The summed E-state index contributed by atoms with van der Waals surface area (Å²) in [5.41, 5.74) is 0.151. The summed E-state index contributed by atoms with van der Waals surface area (Å²) in [7, 11) is 0. The van der Waals surface area contributed by atoms with Crippen molar-refractivity contribution in [3.05, 3.63) is 0 Å². The van der Waals surface area contributed by atoms with Crippen molar-refractivity contribution in [1.82, 2.24) is 10.6 Å². The minimum absolute atomic E-state index is 0.0820. The number of rotatable bonds is 3. The molecular formula is C13H24N2O2. The summed E-state index contributed by atoms with van der Waals surface area (Å²) in [6.07, 6.45) is 1.81. The number of nitrogens with one attached hydrogen (secondary N) is 2. The third-order valence-electron chi connectivity index (χ3n) is 3.60. The highest BCUT2D eigenvalue weighted by Crippen LogP contribution is 2.27. The number of hydrogen-bond acceptors (Lipinski definition) is 2. The first-order valence-corrected chi connectivity index (χ1v) is 6.35. The number of hydrogen-bond donors (Lipinski definition) is 2. The molecule has 0 aliphatic carbocycles. The van der Waals surface area contributed by atoms with Crippen molar-refractivity contribution < 1.29 is 9.59 Å². The Hall–Kier alpha value is -1.06. The second-order valence-electron chi connectivity index (χ2n) is 6.08. The molecule has 0 aromatic carbocycles. The standard InChI is InChI=1S/C13H24N2O2/c1-9(13(2,3)4)7-12(17)15-10-5-6-11(16)14-8-10/h9-10H,5-8H2,1-4H3,(H,14,16)(H,15,17). The molecule has 0 bridgehead atoms. The van der Waals surface area contributed by atoms with Crippen LogP contribution in [-0.2, 0) is 9.59 Å². The van der Waals surface area contributed by atoms with Gasteiger partial charge in [-0.15, -0.1) is 0 Å². The maximum absolute atomic E-state index is 11.8. The van der Waals surface area contributed by atoms with Crippen LogP contribution in [-0.4, -0.2) is 24.4 Å². The van der Waals surface area contributed by atoms with Crippen molar-refractivity contribution in [2.24, 2.45) is 11.3 Å². The van der Waals surface area contributed by atoms with Gasteiger partial charge < -0.3 is 10.6 Å². The Morgan fingerprint density at radius 3 is 2.65 bits per heavy atom. The highest BCUT2D eigenvalue weighted by atomic mass is 16.2. The van der Waals surface area contributed by atoms with Gasteiger partial charge in [0.05, 0.1) is 0 Å². The van der Waals surface area contributed by atoms with Gasteiger partial charge in [0, 0.05) is 25.4 Å². The van der Waals surface area contributed by atoms with Crippen molar-refractivity contribution in [2.45, 2.75) is 53.0 Å². The van der Waals surface area contributed by atoms with Gasteiger partial charge >= 0.3 is 0 Å². The van der Waals surface area contributed by atoms with Crippen LogP contribution in [0.4, 0.5) is 0 Å². The molecule has 1 aliphatic heterocycles. The molecule has 2 atom stereocenters. The van der Waals surface area contributed by atoms with Gasteiger partial charge in [-0.1, -0.05) is 27.7 Å². The van der Waals surface area contributed by atoms with Crippen LogP contribution in [0.2, 0.25) is 0 Å². The lowest BCUT2D eigenvalue weighted by Crippen LogP contribution is -2.48. The van der Waals surface area contributed by atoms with Crippen LogP contribution in [0.5, 0.6) is 0 Å². The molecule has 17 heavy (non-hydrogen) atoms. The van der Waals surface area contributed by atoms with E-state index in [4.69, 9.17) is 0 Å². The molecule has 4 heteroatoms. The molecule has 0 spiro atoms. The van der Waals surface area contributed by atoms with Crippen molar-refractivity contribution in [3.8, 4) is 0 Å². The lowest BCUT2D eigenvalue weighted by molar-refractivity contribution is -0.126. The van der Waals surface area contributed by atoms with Gasteiger partial charge in [0.15, 0.2) is 0 Å². The Morgan fingerprint density at radius 1 is 1.53 bits per heavy atom. The maximum Gasteiger partial charge on any atom is 0.220 e. The molecule has 1 heterocycles. The Labute approximate surface area is 104 Å². The molecule has 1 fully saturated rings. The van der Waals surface area contributed by atoms with E-state index in [1.807, 2.05) is 0 Å². The van der Waals surface area contributed by atoms with E-state index < -0.39 is 0 Å². The zero-order valence-corrected chi connectivity index (χ0v) is 11.3. The van der Waals surface area contributed by atoms with E-state index in [2.05, 4.69) is 38.3 Å². The molecule has 0 aromatic rings. The number of piperidine rings is 1. The van der Waals surface area contributed by atoms with Gasteiger partial charge in [-0.3, -0.25) is 9.59 Å². The smallest absolute Gasteiger partial charge is 0.220 e. The predicted molar refractivity (Wildman–Crippen MR) is 67.4 cm³/mol. The van der Waals surface area contributed by atoms with E-state index in [-0.39, 0.29) is 23.3 Å². The summed E-state index contributed by atoms with van der Waals surface area (Å²) in [6.45, 7) is 9.10. The number of carbonyl (C=O) groups is 2. The second-order valence-corrected chi connectivity index (χ2v) is 6.08. The number of amides is 2. The zero-order chi connectivity index (χ0) is 13.1. The van der Waals surface area contributed by atoms with Crippen LogP contribution in [0.1, 0.15) is 47.0 Å². The van der Waals surface area contributed by atoms with Gasteiger partial charge in [-0.2, -0.15) is 0 Å². The van der Waals surface area contributed by atoms with Crippen molar-refractivity contribution in [2.75, 3.05) is 6.54 Å². The lowest BCUT2D eigenvalue weighted by Gasteiger charge is -2.28. The lowest BCUT2D eigenvalue weighted by atomic mass is 9.80. The van der Waals surface area contributed by atoms with Crippen molar-refractivity contribution >= 4 is 11.8 Å². The molecular weight excluding hydrogens is 216 g/mol. The molecule has 0 radical (unpaired) electrons. The Kier molecular flexibility index (Phi) is 4.54. The minimum atomic E-state index is 0.0820. The minimum Gasteiger partial charge on any atom is -0.354 e. The summed E-state index contributed by atoms with van der Waals surface area (Å²) >= 11 is 0. The van der Waals surface area contributed by atoms with E-state index >= 15 is 0 Å². The summed E-state index contributed by atoms with van der Waals surface area (Å²) in [6, 6.07) is 0.104. The van der Waals surface area contributed by atoms with E-state index in [9.17, 15) is 9.59 Å². The molecule has 4 nitrogen and oxygen atoms in total. The monoisotopic (exact) mass is 240 g/mol. The predicted octanol–water partition coefficient (Wildman–Crippen LogP) is 1.45. The van der Waals surface area contributed by atoms with Crippen LogP contribution in [0.3, 0.4) is 0 Å². The fourth-order valence-electron chi connectivity index (χ4n) is 1.73. The third-order valence-corrected chi connectivity index (χ3v) is 3.60. The SMILES string of the molecule is CC(CC(=O)NC1CCC(=O)NC1)C(C)(C)C. The summed E-state index contributed by atoms with van der Waals surface area (Å²) in [5, 5.41) is 5.76. The Bertz CT molecular complexity index is 284. The molecule has 2 amide bonds. The van der Waals surface area contributed by atoms with Gasteiger partial charge in [0.1, 0.15) is 0 Å². The molecule has 98 valence electrons. The first-order chi connectivity index (χ1) is 7.79. The average molecular weight is 240 g/mol. The van der Waals surface area contributed by atoms with Gasteiger partial charge in [0.25, 0.3) is 0 Å². The fourth-order valence-corrected chi connectivity index (χ4v) is 1.73. The van der Waals surface area contributed by atoms with Crippen molar-refractivity contribution in [1.29, 1.82) is 0 Å². The molecule has 1 saturated heterocycles. The van der Waals surface area contributed by atoms with Gasteiger partial charge in [-0.05, 0) is 17.8 Å². The van der Waals surface area contributed by atoms with E-state index in [1.165, 1.54) is 0 Å². The largest absolute Gasteiger partial charge is 0.354 e. The average Bonchev–Trinajstić information content (AvgIpc) is 2.20. The van der Waals surface area contributed by atoms with E-state index in [1.54, 1.807) is 0 Å². The van der Waals surface area contributed by atoms with Gasteiger partial charge in [0.2, 0.25) is 11.8 Å². The molecule has 1 aliphatic rings. The molecule has 2 N–H and O–H groups in total. The second kappa shape index (κ2) is 5.52. The van der Waals surface area contributed by atoms with E-state index in [0.717, 1.165) is 6.42 Å². The molecule has 0 saturated carbocycles. The molecule has 2 unspecified atom stereocenters. The van der Waals surface area contributed by atoms with Crippen LogP contribution in [0.15, 0.2) is 0 Å². The fraction of sp³-hybridized carbons (Fsp3) is 0.846. The van der Waals surface area contributed by atoms with Crippen molar-refractivity contribution in [3.63, 3.8) is 0 Å². The first-order valence-electron chi connectivity index (χ1n) is 6.35. The topological polar surface area (TPSA) is 58.2 Å². The number of carbonyl (C=O) groups excluding carboxylic acids is 2. The maximum atomic E-state index is 11.8. The summed E-state index contributed by atoms with van der Waals surface area (Å²) < 4.78 is 0. The first kappa shape index (κ1) is 14.0. The Balaban J connectivity index is 2.32. The normalized spacial score (nSPS) is 22.8. The van der Waals surface area contributed by atoms with Gasteiger partial charge in [-0.25, -0.2) is 0 Å². The summed E-state index contributed by atoms with van der Waals surface area (Å²) in [5.74, 6) is 0.521. The third kappa shape index (κ3) is 4.75. The van der Waals surface area contributed by atoms with Crippen LogP contribution >= 0.6 is 0 Å². The Morgan fingerprint density at radius 2 is 2.18 bits per heavy atom. The highest BCUT2D eigenvalue weighted by molar-refractivity contribution is 5.79. The van der Waals surface area contributed by atoms with E-state index in [0.29, 0.717) is 25.3 Å². The molecule has 1 rings (SSSR count). The quantitative estimate of drug-likeness (QED) is 0.784. The van der Waals surface area contributed by atoms with Crippen LogP contribution in [0.25, 0.3) is 0 Å².